The topological polar surface area (TPSA) is 80.3 Å². The number of aliphatic carboxylic acids is 2. The van der Waals surface area contributed by atoms with Gasteiger partial charge in [-0.1, -0.05) is 6.42 Å². The summed E-state index contributed by atoms with van der Waals surface area (Å²) in [4.78, 5) is 20.4. The van der Waals surface area contributed by atoms with Crippen molar-refractivity contribution < 1.29 is 64.6 Å². The van der Waals surface area contributed by atoms with Gasteiger partial charge in [0.05, 0.1) is 11.9 Å². The molecular weight excluding hydrogens is 352 g/mol. The average Bonchev–Trinajstić information content (AvgIpc) is 1.57. The number of carbonyl (C=O) groups excluding carboxylic acids is 2. The van der Waals surface area contributed by atoms with Gasteiger partial charge in [-0.15, -0.1) is 0 Å². The Kier molecular flexibility index (Phi) is 6.48. The third-order valence-corrected chi connectivity index (χ3v) is 1.99. The van der Waals surface area contributed by atoms with Crippen LogP contribution in [0.1, 0.15) is 19.3 Å². The number of rotatable bonds is 2. The summed E-state index contributed by atoms with van der Waals surface area (Å²) in [6.07, 6.45) is 0.928. The maximum absolute atomic E-state index is 10.2. The summed E-state index contributed by atoms with van der Waals surface area (Å²) in [7, 11) is 0. The first kappa shape index (κ1) is 14.9. The molecule has 0 spiro atoms. The van der Waals surface area contributed by atoms with Gasteiger partial charge in [0.1, 0.15) is 0 Å². The molecule has 0 aromatic heterocycles. The van der Waals surface area contributed by atoms with E-state index in [1.54, 1.807) is 0 Å². The van der Waals surface area contributed by atoms with Gasteiger partial charge in [0.25, 0.3) is 0 Å². The van der Waals surface area contributed by atoms with Crippen molar-refractivity contribution in [1.82, 2.24) is 0 Å². The molecule has 12 heavy (non-hydrogen) atoms. The normalized spacial score (nSPS) is 17.7. The summed E-state index contributed by atoms with van der Waals surface area (Å²) in [5, 5.41) is 20.4. The first-order chi connectivity index (χ1) is 4.59. The van der Waals surface area contributed by atoms with Gasteiger partial charge in [-0.3, -0.25) is 0 Å². The van der Waals surface area contributed by atoms with Gasteiger partial charge >= 0.3 is 44.8 Å². The summed E-state index contributed by atoms with van der Waals surface area (Å²) < 4.78 is 0. The second-order valence-electron chi connectivity index (χ2n) is 2.51. The van der Waals surface area contributed by atoms with E-state index in [1.165, 1.54) is 0 Å². The molecule has 0 atom stereocenters. The van der Waals surface area contributed by atoms with Gasteiger partial charge < -0.3 is 19.8 Å². The third-order valence-electron chi connectivity index (χ3n) is 1.99. The molecule has 6 heteroatoms. The van der Waals surface area contributed by atoms with Crippen LogP contribution in [0.15, 0.2) is 0 Å². The van der Waals surface area contributed by atoms with Crippen molar-refractivity contribution in [1.29, 1.82) is 0 Å². The minimum absolute atomic E-state index is 0. The molecule has 1 aliphatic rings. The van der Waals surface area contributed by atoms with Gasteiger partial charge in [-0.05, 0) is 12.8 Å². The van der Waals surface area contributed by atoms with E-state index in [9.17, 15) is 19.8 Å². The molecular formula is C6H6Ag2O4. The summed E-state index contributed by atoms with van der Waals surface area (Å²) in [6, 6.07) is 0. The Morgan fingerprint density at radius 2 is 1.33 bits per heavy atom. The molecule has 1 aliphatic carbocycles. The molecule has 1 fully saturated rings. The van der Waals surface area contributed by atoms with Crippen LogP contribution in [-0.2, 0) is 54.3 Å². The Labute approximate surface area is 101 Å². The molecule has 0 aliphatic heterocycles. The first-order valence-electron chi connectivity index (χ1n) is 3.02. The van der Waals surface area contributed by atoms with Crippen LogP contribution in [0.3, 0.4) is 0 Å². The van der Waals surface area contributed by atoms with Crippen molar-refractivity contribution in [3.8, 4) is 0 Å². The van der Waals surface area contributed by atoms with Gasteiger partial charge in [-0.2, -0.15) is 0 Å². The Hall–Kier alpha value is 0.421. The Morgan fingerprint density at radius 1 is 1.00 bits per heavy atom. The van der Waals surface area contributed by atoms with Gasteiger partial charge in [-0.25, -0.2) is 0 Å². The second-order valence-corrected chi connectivity index (χ2v) is 2.51. The monoisotopic (exact) mass is 356 g/mol. The van der Waals surface area contributed by atoms with Crippen LogP contribution in [-0.4, -0.2) is 11.9 Å². The largest absolute Gasteiger partial charge is 1.00 e. The van der Waals surface area contributed by atoms with E-state index in [4.69, 9.17) is 0 Å². The number of hydrogen-bond acceptors (Lipinski definition) is 4. The molecule has 76 valence electrons. The maximum Gasteiger partial charge on any atom is 1.00 e. The van der Waals surface area contributed by atoms with E-state index < -0.39 is 17.4 Å². The molecule has 0 heterocycles. The summed E-state index contributed by atoms with van der Waals surface area (Å²) in [5.74, 6) is -3.03. The quantitative estimate of drug-likeness (QED) is 0.409. The molecule has 0 saturated heterocycles. The van der Waals surface area contributed by atoms with Crippen LogP contribution in [0.25, 0.3) is 0 Å². The van der Waals surface area contributed by atoms with E-state index >= 15 is 0 Å². The standard InChI is InChI=1S/C6H8O4.2Ag/c7-4(8)6(5(9)10)2-1-3-6;;/h1-3H2,(H,7,8)(H,9,10);;/q;2*+1/p-2. The summed E-state index contributed by atoms with van der Waals surface area (Å²) >= 11 is 0. The van der Waals surface area contributed by atoms with Crippen molar-refractivity contribution in [3.63, 3.8) is 0 Å². The van der Waals surface area contributed by atoms with Gasteiger partial charge in [0.2, 0.25) is 0 Å². The average molecular weight is 358 g/mol. The van der Waals surface area contributed by atoms with Crippen molar-refractivity contribution in [2.45, 2.75) is 19.3 Å². The van der Waals surface area contributed by atoms with Crippen LogP contribution >= 0.6 is 0 Å². The number of carbonyl (C=O) groups is 2. The predicted octanol–water partition coefficient (Wildman–Crippen LogP) is -2.35. The molecule has 1 rings (SSSR count). The summed E-state index contributed by atoms with van der Waals surface area (Å²) in [5.41, 5.74) is -1.67. The van der Waals surface area contributed by atoms with Crippen molar-refractivity contribution in [2.24, 2.45) is 5.41 Å². The number of carboxylic acid groups (broad SMARTS) is 2. The fourth-order valence-electron chi connectivity index (χ4n) is 1.02. The minimum Gasteiger partial charge on any atom is -0.549 e. The number of carboxylic acids is 2. The van der Waals surface area contributed by atoms with Crippen molar-refractivity contribution in [2.75, 3.05) is 0 Å². The SMILES string of the molecule is O=C([O-])C1(C(=O)[O-])CCC1.[Ag+].[Ag+]. The second kappa shape index (κ2) is 5.22. The molecule has 0 aromatic carbocycles. The first-order valence-corrected chi connectivity index (χ1v) is 3.02. The Balaban J connectivity index is 0. The molecule has 0 aromatic rings. The van der Waals surface area contributed by atoms with Crippen molar-refractivity contribution in [3.05, 3.63) is 0 Å². The molecule has 0 radical (unpaired) electrons. The van der Waals surface area contributed by atoms with Gasteiger partial charge in [0, 0.05) is 5.41 Å². The zero-order valence-electron chi connectivity index (χ0n) is 5.86. The molecule has 0 N–H and O–H groups in total. The predicted molar refractivity (Wildman–Crippen MR) is 26.3 cm³/mol. The van der Waals surface area contributed by atoms with E-state index in [0.717, 1.165) is 0 Å². The van der Waals surface area contributed by atoms with Crippen LogP contribution < -0.4 is 10.2 Å². The van der Waals surface area contributed by atoms with E-state index in [1.807, 2.05) is 0 Å². The fourth-order valence-corrected chi connectivity index (χ4v) is 1.02. The van der Waals surface area contributed by atoms with Crippen LogP contribution in [0.2, 0.25) is 0 Å². The maximum atomic E-state index is 10.2. The zero-order valence-corrected chi connectivity index (χ0v) is 8.82. The summed E-state index contributed by atoms with van der Waals surface area (Å²) in [6.45, 7) is 0. The zero-order chi connectivity index (χ0) is 7.78. The smallest absolute Gasteiger partial charge is 0.549 e. The number of hydrogen-bond donors (Lipinski definition) is 0. The molecule has 0 bridgehead atoms. The fraction of sp³-hybridized carbons (Fsp3) is 0.667. The van der Waals surface area contributed by atoms with E-state index in [0.29, 0.717) is 6.42 Å². The minimum atomic E-state index is -1.67. The van der Waals surface area contributed by atoms with Crippen LogP contribution in [0.4, 0.5) is 0 Å². The van der Waals surface area contributed by atoms with E-state index in [2.05, 4.69) is 0 Å². The Morgan fingerprint density at radius 3 is 1.33 bits per heavy atom. The van der Waals surface area contributed by atoms with Crippen LogP contribution in [0, 0.1) is 5.41 Å². The third kappa shape index (κ3) is 2.22. The molecule has 0 unspecified atom stereocenters. The molecule has 0 amide bonds. The Bertz CT molecular complexity index is 172. The molecule has 1 saturated carbocycles. The van der Waals surface area contributed by atoms with Crippen LogP contribution in [0.5, 0.6) is 0 Å². The van der Waals surface area contributed by atoms with Crippen molar-refractivity contribution >= 4 is 11.9 Å². The van der Waals surface area contributed by atoms with E-state index in [-0.39, 0.29) is 57.6 Å². The van der Waals surface area contributed by atoms with Gasteiger partial charge in [0.15, 0.2) is 0 Å². The molecule has 4 nitrogen and oxygen atoms in total.